The molecule has 94 valence electrons. The molecule has 2 N–H and O–H groups in total. The number of hydrogen-bond donors (Lipinski definition) is 1. The van der Waals surface area contributed by atoms with Crippen molar-refractivity contribution in [3.05, 3.63) is 71.8 Å². The van der Waals surface area contributed by atoms with E-state index < -0.39 is 0 Å². The van der Waals surface area contributed by atoms with Crippen LogP contribution in [0.4, 0.5) is 0 Å². The van der Waals surface area contributed by atoms with Crippen molar-refractivity contribution in [2.45, 2.75) is 13.0 Å². The normalized spacial score (nSPS) is 12.5. The van der Waals surface area contributed by atoms with Gasteiger partial charge >= 0.3 is 0 Å². The van der Waals surface area contributed by atoms with E-state index >= 15 is 0 Å². The lowest BCUT2D eigenvalue weighted by Crippen LogP contribution is -2.13. The summed E-state index contributed by atoms with van der Waals surface area (Å²) in [5.41, 5.74) is 9.74. The van der Waals surface area contributed by atoms with Gasteiger partial charge in [-0.3, -0.25) is 9.97 Å². The lowest BCUT2D eigenvalue weighted by Gasteiger charge is -2.16. The van der Waals surface area contributed by atoms with Crippen LogP contribution in [0.25, 0.3) is 10.8 Å². The second-order valence-electron chi connectivity index (χ2n) is 4.65. The first kappa shape index (κ1) is 11.8. The molecule has 0 aliphatic heterocycles. The lowest BCUT2D eigenvalue weighted by atomic mass is 9.94. The number of hydrogen-bond acceptors (Lipinski definition) is 3. The number of rotatable bonds is 2. The Morgan fingerprint density at radius 3 is 2.58 bits per heavy atom. The van der Waals surface area contributed by atoms with Crippen LogP contribution in [0.2, 0.25) is 0 Å². The molecule has 0 bridgehead atoms. The number of nitrogens with zero attached hydrogens (tertiary/aromatic N) is 2. The molecule has 3 heteroatoms. The van der Waals surface area contributed by atoms with Crippen LogP contribution in [-0.2, 0) is 0 Å². The van der Waals surface area contributed by atoms with Crippen LogP contribution in [0.15, 0.2) is 55.1 Å². The van der Waals surface area contributed by atoms with Crippen molar-refractivity contribution in [3.63, 3.8) is 0 Å². The Bertz CT molecular complexity index is 717. The molecule has 0 spiro atoms. The molecule has 1 atom stereocenters. The lowest BCUT2D eigenvalue weighted by molar-refractivity contribution is 0.865. The average Bonchev–Trinajstić information content (AvgIpc) is 2.46. The van der Waals surface area contributed by atoms with Gasteiger partial charge in [0, 0.05) is 30.2 Å². The first-order valence-corrected chi connectivity index (χ1v) is 6.26. The molecular formula is C16H15N3. The third kappa shape index (κ3) is 2.09. The summed E-state index contributed by atoms with van der Waals surface area (Å²) in [6.07, 6.45) is 7.31. The molecule has 19 heavy (non-hydrogen) atoms. The first-order valence-electron chi connectivity index (χ1n) is 6.26. The molecule has 0 saturated heterocycles. The summed E-state index contributed by atoms with van der Waals surface area (Å²) in [6.45, 7) is 2.03. The van der Waals surface area contributed by atoms with Crippen molar-refractivity contribution in [3.8, 4) is 0 Å². The fourth-order valence-electron chi connectivity index (χ4n) is 2.41. The van der Waals surface area contributed by atoms with E-state index in [0.29, 0.717) is 0 Å². The maximum Gasteiger partial charge on any atom is 0.0562 e. The maximum absolute atomic E-state index is 6.43. The van der Waals surface area contributed by atoms with Crippen molar-refractivity contribution >= 4 is 10.8 Å². The number of aryl methyl sites for hydroxylation is 1. The highest BCUT2D eigenvalue weighted by atomic mass is 14.7. The van der Waals surface area contributed by atoms with Crippen molar-refractivity contribution in [1.82, 2.24) is 9.97 Å². The summed E-state index contributed by atoms with van der Waals surface area (Å²) in [4.78, 5) is 8.32. The maximum atomic E-state index is 6.43. The van der Waals surface area contributed by atoms with Crippen molar-refractivity contribution in [2.75, 3.05) is 0 Å². The molecule has 0 aliphatic carbocycles. The quantitative estimate of drug-likeness (QED) is 0.759. The van der Waals surface area contributed by atoms with Gasteiger partial charge in [0.15, 0.2) is 0 Å². The molecule has 0 amide bonds. The minimum Gasteiger partial charge on any atom is -0.320 e. The van der Waals surface area contributed by atoms with Gasteiger partial charge in [-0.25, -0.2) is 0 Å². The van der Waals surface area contributed by atoms with Gasteiger partial charge in [-0.1, -0.05) is 18.2 Å². The highest BCUT2D eigenvalue weighted by Gasteiger charge is 2.13. The van der Waals surface area contributed by atoms with Crippen LogP contribution >= 0.6 is 0 Å². The number of fused-ring (bicyclic) bond motifs is 1. The number of aromatic nitrogens is 2. The fraction of sp³-hybridized carbons (Fsp3) is 0.125. The third-order valence-electron chi connectivity index (χ3n) is 3.45. The molecule has 0 aliphatic rings. The standard InChI is InChI=1S/C16H15N3/c1-11-9-18-8-6-13(11)16(17)14-4-2-3-12-5-7-19-10-15(12)14/h2-10,16H,17H2,1H3. The number of pyridine rings is 2. The van der Waals surface area contributed by atoms with Crippen LogP contribution in [0.1, 0.15) is 22.7 Å². The predicted octanol–water partition coefficient (Wildman–Crippen LogP) is 2.99. The van der Waals surface area contributed by atoms with Gasteiger partial charge in [-0.2, -0.15) is 0 Å². The molecule has 1 unspecified atom stereocenters. The molecule has 2 aromatic heterocycles. The molecule has 0 saturated carbocycles. The molecule has 0 fully saturated rings. The van der Waals surface area contributed by atoms with E-state index in [1.165, 1.54) is 0 Å². The van der Waals surface area contributed by atoms with Crippen molar-refractivity contribution in [2.24, 2.45) is 5.73 Å². The second kappa shape index (κ2) is 4.78. The van der Waals surface area contributed by atoms with E-state index in [4.69, 9.17) is 5.73 Å². The van der Waals surface area contributed by atoms with Crippen molar-refractivity contribution in [1.29, 1.82) is 0 Å². The Morgan fingerprint density at radius 1 is 0.947 bits per heavy atom. The summed E-state index contributed by atoms with van der Waals surface area (Å²) in [6, 6.07) is 10.0. The van der Waals surface area contributed by atoms with Gasteiger partial charge in [0.25, 0.3) is 0 Å². The van der Waals surface area contributed by atoms with E-state index in [-0.39, 0.29) is 6.04 Å². The van der Waals surface area contributed by atoms with E-state index in [1.807, 2.05) is 37.5 Å². The molecule has 3 aromatic rings. The minimum atomic E-state index is -0.157. The molecule has 2 heterocycles. The predicted molar refractivity (Wildman–Crippen MR) is 76.7 cm³/mol. The Balaban J connectivity index is 2.17. The number of nitrogens with two attached hydrogens (primary N) is 1. The van der Waals surface area contributed by atoms with Gasteiger partial charge in [-0.15, -0.1) is 0 Å². The Hall–Kier alpha value is -2.26. The van der Waals surface area contributed by atoms with E-state index in [2.05, 4.69) is 22.1 Å². The summed E-state index contributed by atoms with van der Waals surface area (Å²) >= 11 is 0. The average molecular weight is 249 g/mol. The summed E-state index contributed by atoms with van der Waals surface area (Å²) < 4.78 is 0. The topological polar surface area (TPSA) is 51.8 Å². The van der Waals surface area contributed by atoms with Gasteiger partial charge < -0.3 is 5.73 Å². The Kier molecular flexibility index (Phi) is 2.97. The number of benzene rings is 1. The van der Waals surface area contributed by atoms with Crippen molar-refractivity contribution < 1.29 is 0 Å². The summed E-state index contributed by atoms with van der Waals surface area (Å²) in [7, 11) is 0. The zero-order valence-electron chi connectivity index (χ0n) is 10.7. The van der Waals surface area contributed by atoms with Crippen LogP contribution in [0.3, 0.4) is 0 Å². The zero-order chi connectivity index (χ0) is 13.2. The fourth-order valence-corrected chi connectivity index (χ4v) is 2.41. The van der Waals surface area contributed by atoms with Gasteiger partial charge in [0.2, 0.25) is 0 Å². The van der Waals surface area contributed by atoms with Gasteiger partial charge in [-0.05, 0) is 41.1 Å². The second-order valence-corrected chi connectivity index (χ2v) is 4.65. The first-order chi connectivity index (χ1) is 9.27. The molecular weight excluding hydrogens is 234 g/mol. The van der Waals surface area contributed by atoms with Crippen LogP contribution in [0.5, 0.6) is 0 Å². The highest BCUT2D eigenvalue weighted by Crippen LogP contribution is 2.27. The van der Waals surface area contributed by atoms with Gasteiger partial charge in [0.1, 0.15) is 0 Å². The van der Waals surface area contributed by atoms with Crippen LogP contribution in [-0.4, -0.2) is 9.97 Å². The van der Waals surface area contributed by atoms with Gasteiger partial charge in [0.05, 0.1) is 6.04 Å². The highest BCUT2D eigenvalue weighted by molar-refractivity contribution is 5.85. The molecule has 3 rings (SSSR count). The molecule has 0 radical (unpaired) electrons. The minimum absolute atomic E-state index is 0.157. The Labute approximate surface area is 112 Å². The van der Waals surface area contributed by atoms with E-state index in [0.717, 1.165) is 27.5 Å². The Morgan fingerprint density at radius 2 is 1.74 bits per heavy atom. The zero-order valence-corrected chi connectivity index (χ0v) is 10.7. The smallest absolute Gasteiger partial charge is 0.0562 e. The van der Waals surface area contributed by atoms with Crippen LogP contribution < -0.4 is 5.73 Å². The third-order valence-corrected chi connectivity index (χ3v) is 3.45. The molecule has 1 aromatic carbocycles. The largest absolute Gasteiger partial charge is 0.320 e. The van der Waals surface area contributed by atoms with E-state index in [1.54, 1.807) is 12.4 Å². The van der Waals surface area contributed by atoms with E-state index in [9.17, 15) is 0 Å². The monoisotopic (exact) mass is 249 g/mol. The van der Waals surface area contributed by atoms with Crippen LogP contribution in [0, 0.1) is 6.92 Å². The SMILES string of the molecule is Cc1cnccc1C(N)c1cccc2ccncc12. The summed E-state index contributed by atoms with van der Waals surface area (Å²) in [5.74, 6) is 0. The molecule has 3 nitrogen and oxygen atoms in total. The summed E-state index contributed by atoms with van der Waals surface area (Å²) in [5, 5.41) is 2.27.